The molecule has 0 aliphatic carbocycles. The molecule has 0 spiro atoms. The normalized spacial score (nSPS) is 10.6. The zero-order valence-corrected chi connectivity index (χ0v) is 13.2. The summed E-state index contributed by atoms with van der Waals surface area (Å²) in [6.07, 6.45) is 0.694. The number of hydrogen-bond donors (Lipinski definition) is 0. The van der Waals surface area contributed by atoms with Gasteiger partial charge in [-0.25, -0.2) is 0 Å². The first-order chi connectivity index (χ1) is 7.45. The summed E-state index contributed by atoms with van der Waals surface area (Å²) < 4.78 is 43.0. The van der Waals surface area contributed by atoms with E-state index in [0.29, 0.717) is 6.42 Å². The zero-order valence-electron chi connectivity index (χ0n) is 10.1. The minimum Gasteiger partial charge on any atom is -0.492 e. The van der Waals surface area contributed by atoms with Gasteiger partial charge in [0.1, 0.15) is 6.61 Å². The van der Waals surface area contributed by atoms with E-state index in [-0.39, 0.29) is 63.7 Å². The van der Waals surface area contributed by atoms with Crippen LogP contribution >= 0.6 is 0 Å². The van der Waals surface area contributed by atoms with Gasteiger partial charge in [0.05, 0.1) is 5.75 Å². The summed E-state index contributed by atoms with van der Waals surface area (Å²) in [6, 6.07) is 5.24. The molecule has 0 unspecified atom stereocenters. The Labute approximate surface area is 142 Å². The van der Waals surface area contributed by atoms with Crippen LogP contribution in [0.5, 0.6) is 5.75 Å². The van der Waals surface area contributed by atoms with Crippen molar-refractivity contribution in [2.75, 3.05) is 6.61 Å². The molecule has 0 fully saturated rings. The molecule has 1 nitrogen and oxygen atoms in total. The number of para-hydroxylation sites is 1. The number of ether oxygens (including phenoxy) is 1. The first-order valence-electron chi connectivity index (χ1n) is 5.03. The van der Waals surface area contributed by atoms with Crippen LogP contribution in [0.25, 0.3) is 0 Å². The van der Waals surface area contributed by atoms with Crippen LogP contribution in [0.2, 0.25) is 0 Å². The predicted octanol–water partition coefficient (Wildman–Crippen LogP) is 0.0900. The maximum atomic E-state index is 12.6. The minimum absolute atomic E-state index is 0. The first-order valence-corrected chi connectivity index (χ1v) is 5.03. The first kappa shape index (κ1) is 17.3. The Morgan fingerprint density at radius 2 is 1.88 bits per heavy atom. The van der Waals surface area contributed by atoms with Gasteiger partial charge in [-0.15, -0.1) is 0 Å². The molecule has 0 N–H and O–H groups in total. The summed E-state index contributed by atoms with van der Waals surface area (Å²) in [6.45, 7) is 0.656. The third-order valence-electron chi connectivity index (χ3n) is 2.20. The van der Waals surface area contributed by atoms with Crippen molar-refractivity contribution in [3.05, 3.63) is 36.4 Å². The van der Waals surface area contributed by atoms with Crippen LogP contribution in [-0.2, 0) is 0 Å². The third-order valence-corrected chi connectivity index (χ3v) is 2.20. The van der Waals surface area contributed by atoms with E-state index >= 15 is 0 Å². The molecule has 0 aliphatic heterocycles. The maximum Gasteiger partial charge on any atom is 1.00 e. The topological polar surface area (TPSA) is 9.23 Å². The van der Waals surface area contributed by atoms with Gasteiger partial charge in [-0.3, -0.25) is 0 Å². The van der Waals surface area contributed by atoms with Crippen molar-refractivity contribution < 1.29 is 69.1 Å². The van der Waals surface area contributed by atoms with E-state index in [2.05, 4.69) is 6.58 Å². The Morgan fingerprint density at radius 3 is 2.41 bits per heavy atom. The standard InChI is InChI=1S/C11H13BF3O.K/c1-3-9(2)8-16-11-7-5-4-6-10(11)12(13,14)15;/h4-7H,2-3,8H2,1H3;/q-1;+1. The molecule has 0 atom stereocenters. The molecule has 0 heterocycles. The van der Waals surface area contributed by atoms with Crippen molar-refractivity contribution in [1.29, 1.82) is 0 Å². The van der Waals surface area contributed by atoms with Gasteiger partial charge in [0, 0.05) is 0 Å². The Kier molecular flexibility index (Phi) is 7.75. The molecule has 0 aliphatic rings. The summed E-state index contributed by atoms with van der Waals surface area (Å²) in [7, 11) is 0. The average molecular weight is 268 g/mol. The zero-order chi connectivity index (χ0) is 12.2. The predicted molar refractivity (Wildman–Crippen MR) is 60.1 cm³/mol. The fourth-order valence-corrected chi connectivity index (χ4v) is 1.16. The molecular weight excluding hydrogens is 255 g/mol. The summed E-state index contributed by atoms with van der Waals surface area (Å²) in [5, 5.41) is 0. The van der Waals surface area contributed by atoms with Gasteiger partial charge in [-0.2, -0.15) is 0 Å². The molecule has 0 amide bonds. The monoisotopic (exact) mass is 268 g/mol. The van der Waals surface area contributed by atoms with E-state index in [1.54, 1.807) is 0 Å². The second kappa shape index (κ2) is 7.63. The fraction of sp³-hybridized carbons (Fsp3) is 0.273. The molecule has 1 aromatic rings. The third kappa shape index (κ3) is 5.61. The van der Waals surface area contributed by atoms with Crippen molar-refractivity contribution in [3.63, 3.8) is 0 Å². The molecule has 88 valence electrons. The van der Waals surface area contributed by atoms with Crippen molar-refractivity contribution in [2.24, 2.45) is 0 Å². The Balaban J connectivity index is 0.00000256. The van der Waals surface area contributed by atoms with E-state index in [0.717, 1.165) is 11.6 Å². The van der Waals surface area contributed by atoms with Crippen molar-refractivity contribution in [1.82, 2.24) is 0 Å². The SMILES string of the molecule is C=C(CC)COc1ccccc1[B-](F)(F)F.[K+]. The van der Waals surface area contributed by atoms with Crippen LogP contribution < -0.4 is 61.6 Å². The average Bonchev–Trinajstić information content (AvgIpc) is 2.25. The van der Waals surface area contributed by atoms with Gasteiger partial charge < -0.3 is 17.7 Å². The maximum absolute atomic E-state index is 12.6. The molecule has 1 rings (SSSR count). The van der Waals surface area contributed by atoms with Crippen molar-refractivity contribution >= 4 is 12.4 Å². The van der Waals surface area contributed by atoms with E-state index in [1.165, 1.54) is 18.2 Å². The fourth-order valence-electron chi connectivity index (χ4n) is 1.16. The minimum atomic E-state index is -5.03. The number of rotatable bonds is 5. The largest absolute Gasteiger partial charge is 1.00 e. The molecule has 0 radical (unpaired) electrons. The molecule has 0 saturated carbocycles. The van der Waals surface area contributed by atoms with Gasteiger partial charge in [-0.1, -0.05) is 37.2 Å². The molecule has 17 heavy (non-hydrogen) atoms. The van der Waals surface area contributed by atoms with Gasteiger partial charge in [0.15, 0.2) is 0 Å². The number of halogens is 3. The van der Waals surface area contributed by atoms with Crippen LogP contribution in [0.1, 0.15) is 13.3 Å². The Hall–Kier alpha value is 0.251. The second-order valence-electron chi connectivity index (χ2n) is 3.50. The van der Waals surface area contributed by atoms with E-state index in [4.69, 9.17) is 4.74 Å². The van der Waals surface area contributed by atoms with Crippen molar-refractivity contribution in [3.8, 4) is 5.75 Å². The van der Waals surface area contributed by atoms with Gasteiger partial charge in [-0.05, 0) is 18.1 Å². The second-order valence-corrected chi connectivity index (χ2v) is 3.50. The molecule has 0 saturated heterocycles. The molecule has 6 heteroatoms. The van der Waals surface area contributed by atoms with E-state index in [1.807, 2.05) is 6.92 Å². The van der Waals surface area contributed by atoms with Crippen LogP contribution in [0.15, 0.2) is 36.4 Å². The number of hydrogen-bond acceptors (Lipinski definition) is 1. The van der Waals surface area contributed by atoms with Gasteiger partial charge >= 0.3 is 58.4 Å². The van der Waals surface area contributed by atoms with E-state index in [9.17, 15) is 12.9 Å². The molecule has 1 aromatic carbocycles. The van der Waals surface area contributed by atoms with E-state index < -0.39 is 12.4 Å². The van der Waals surface area contributed by atoms with Crippen LogP contribution in [-0.4, -0.2) is 13.6 Å². The summed E-state index contributed by atoms with van der Waals surface area (Å²) in [5.41, 5.74) is 0.0795. The van der Waals surface area contributed by atoms with Gasteiger partial charge in [0.2, 0.25) is 0 Å². The Bertz CT molecular complexity index is 379. The van der Waals surface area contributed by atoms with Crippen LogP contribution in [0.4, 0.5) is 12.9 Å². The Morgan fingerprint density at radius 1 is 1.29 bits per heavy atom. The summed E-state index contributed by atoms with van der Waals surface area (Å²) in [4.78, 5) is 0. The smallest absolute Gasteiger partial charge is 0.492 e. The molecule has 0 bridgehead atoms. The van der Waals surface area contributed by atoms with Crippen LogP contribution in [0, 0.1) is 0 Å². The summed E-state index contributed by atoms with van der Waals surface area (Å²) in [5.74, 6) is -0.121. The quantitative estimate of drug-likeness (QED) is 0.543. The molecule has 0 aromatic heterocycles. The van der Waals surface area contributed by atoms with Gasteiger partial charge in [0.25, 0.3) is 0 Å². The van der Waals surface area contributed by atoms with Crippen LogP contribution in [0.3, 0.4) is 0 Å². The number of benzene rings is 1. The van der Waals surface area contributed by atoms with Crippen molar-refractivity contribution in [2.45, 2.75) is 13.3 Å². The molecular formula is C11H13BF3KO. The summed E-state index contributed by atoms with van der Waals surface area (Å²) >= 11 is 0.